The molecule has 44 heavy (non-hydrogen) atoms. The van der Waals surface area contributed by atoms with E-state index in [1.54, 1.807) is 11.1 Å². The van der Waals surface area contributed by atoms with E-state index in [0.717, 1.165) is 40.6 Å². The highest BCUT2D eigenvalue weighted by atomic mass is 79.9. The number of aliphatic hydroxyl groups excluding tert-OH is 1. The van der Waals surface area contributed by atoms with Crippen molar-refractivity contribution in [3.63, 3.8) is 0 Å². The van der Waals surface area contributed by atoms with Gasteiger partial charge in [-0.25, -0.2) is 9.59 Å². The first-order valence-electron chi connectivity index (χ1n) is 15.6. The summed E-state index contributed by atoms with van der Waals surface area (Å²) in [6, 6.07) is 5.01. The summed E-state index contributed by atoms with van der Waals surface area (Å²) in [6.45, 7) is 12.1. The van der Waals surface area contributed by atoms with E-state index in [2.05, 4.69) is 46.9 Å². The van der Waals surface area contributed by atoms with Gasteiger partial charge in [-0.1, -0.05) is 76.0 Å². The van der Waals surface area contributed by atoms with E-state index in [1.807, 2.05) is 45.0 Å². The Morgan fingerprint density at radius 2 is 1.91 bits per heavy atom. The minimum absolute atomic E-state index is 0.0122. The number of nitrogens with one attached hydrogen (secondary N) is 1. The SMILES string of the molecule is CC(C)(C)c1ccc(COC(=O)C([C@@H](O)C(C)(C)C)N2C(=O)C(N3C(=O)OC[C@@H]3C3CCC3)C2CCc2ccn[nH]2)cc1Br. The third kappa shape index (κ3) is 6.40. The van der Waals surface area contributed by atoms with E-state index in [9.17, 15) is 19.5 Å². The molecule has 2 amide bonds. The van der Waals surface area contributed by atoms with Crippen LogP contribution in [0.3, 0.4) is 0 Å². The Morgan fingerprint density at radius 3 is 2.48 bits per heavy atom. The molecular formula is C33H45BrN4O6. The van der Waals surface area contributed by atoms with E-state index in [-0.39, 0.29) is 30.6 Å². The van der Waals surface area contributed by atoms with Gasteiger partial charge in [-0.3, -0.25) is 14.8 Å². The molecule has 1 aliphatic carbocycles. The first-order valence-corrected chi connectivity index (χ1v) is 16.4. The number of hydrogen-bond acceptors (Lipinski definition) is 7. The molecule has 0 spiro atoms. The van der Waals surface area contributed by atoms with Crippen LogP contribution in [0.4, 0.5) is 4.79 Å². The van der Waals surface area contributed by atoms with Crippen molar-refractivity contribution in [2.45, 2.75) is 116 Å². The highest BCUT2D eigenvalue weighted by Gasteiger charge is 2.61. The summed E-state index contributed by atoms with van der Waals surface area (Å²) < 4.78 is 12.2. The van der Waals surface area contributed by atoms with Gasteiger partial charge in [0.2, 0.25) is 5.91 Å². The smallest absolute Gasteiger partial charge is 0.410 e. The summed E-state index contributed by atoms with van der Waals surface area (Å²) in [4.78, 5) is 44.1. The van der Waals surface area contributed by atoms with E-state index < -0.39 is 41.7 Å². The second kappa shape index (κ2) is 12.5. The molecule has 0 bridgehead atoms. The number of aromatic amines is 1. The summed E-state index contributed by atoms with van der Waals surface area (Å²) >= 11 is 3.65. The molecule has 2 aliphatic heterocycles. The van der Waals surface area contributed by atoms with E-state index in [1.165, 1.54) is 4.90 Å². The molecule has 240 valence electrons. The minimum atomic E-state index is -1.25. The maximum atomic E-state index is 14.1. The Hall–Kier alpha value is -2.92. The van der Waals surface area contributed by atoms with Crippen LogP contribution in [0.5, 0.6) is 0 Å². The number of benzene rings is 1. The second-order valence-electron chi connectivity index (χ2n) is 14.5. The molecule has 2 saturated heterocycles. The number of carbonyl (C=O) groups excluding carboxylic acids is 3. The van der Waals surface area contributed by atoms with Crippen LogP contribution in [0.2, 0.25) is 0 Å². The van der Waals surface area contributed by atoms with Crippen LogP contribution in [-0.4, -0.2) is 80.0 Å². The number of aryl methyl sites for hydroxylation is 1. The summed E-state index contributed by atoms with van der Waals surface area (Å²) in [5.41, 5.74) is 2.00. The molecule has 1 aromatic heterocycles. The zero-order valence-corrected chi connectivity index (χ0v) is 28.1. The van der Waals surface area contributed by atoms with Crippen molar-refractivity contribution >= 4 is 33.9 Å². The quantitative estimate of drug-likeness (QED) is 0.265. The van der Waals surface area contributed by atoms with Gasteiger partial charge in [0.15, 0.2) is 6.04 Å². The molecule has 3 unspecified atom stereocenters. The molecular weight excluding hydrogens is 628 g/mol. The van der Waals surface area contributed by atoms with Gasteiger partial charge < -0.3 is 19.5 Å². The lowest BCUT2D eigenvalue weighted by atomic mass is 9.76. The second-order valence-corrected chi connectivity index (χ2v) is 15.4. The van der Waals surface area contributed by atoms with Crippen molar-refractivity contribution in [2.75, 3.05) is 6.61 Å². The van der Waals surface area contributed by atoms with Gasteiger partial charge in [0.1, 0.15) is 19.3 Å². The number of β-lactam (4-membered cyclic amide) rings is 1. The fourth-order valence-corrected chi connectivity index (χ4v) is 7.56. The van der Waals surface area contributed by atoms with Crippen LogP contribution in [0.15, 0.2) is 34.9 Å². The first kappa shape index (κ1) is 32.5. The van der Waals surface area contributed by atoms with Gasteiger partial charge in [0, 0.05) is 16.4 Å². The normalized spacial score (nSPS) is 24.0. The van der Waals surface area contributed by atoms with Crippen molar-refractivity contribution in [2.24, 2.45) is 11.3 Å². The minimum Gasteiger partial charge on any atom is -0.459 e. The third-order valence-electron chi connectivity index (χ3n) is 9.39. The predicted molar refractivity (Wildman–Crippen MR) is 168 cm³/mol. The van der Waals surface area contributed by atoms with Crippen molar-refractivity contribution in [1.29, 1.82) is 0 Å². The van der Waals surface area contributed by atoms with E-state index in [0.29, 0.717) is 18.8 Å². The first-order chi connectivity index (χ1) is 20.7. The third-order valence-corrected chi connectivity index (χ3v) is 10.0. The molecule has 2 aromatic rings. The van der Waals surface area contributed by atoms with Crippen LogP contribution in [0.1, 0.15) is 84.0 Å². The maximum absolute atomic E-state index is 14.1. The number of esters is 1. The highest BCUT2D eigenvalue weighted by molar-refractivity contribution is 9.10. The standard InChI is InChI=1S/C33H45BrN4O6/c1-32(2,3)22-12-10-19(16-23(22)34)17-43-30(41)27(28(39)33(4,5)6)37-24(13-11-21-14-15-35-36-21)26(29(37)40)38-25(18-44-31(38)42)20-8-7-9-20/h10,12,14-16,20,24-28,39H,7-9,11,13,17-18H2,1-6H3,(H,35,36)/t24?,25-,26?,27?,28-/m1/s1. The number of ether oxygens (including phenoxy) is 2. The Kier molecular flexibility index (Phi) is 9.20. The van der Waals surface area contributed by atoms with Gasteiger partial charge in [0.25, 0.3) is 0 Å². The number of nitrogens with zero attached hydrogens (tertiary/aromatic N) is 3. The highest BCUT2D eigenvalue weighted by Crippen LogP contribution is 2.42. The average Bonchev–Trinajstić information content (AvgIpc) is 3.55. The summed E-state index contributed by atoms with van der Waals surface area (Å²) in [6.07, 6.45) is 4.04. The predicted octanol–water partition coefficient (Wildman–Crippen LogP) is 5.12. The molecule has 3 fully saturated rings. The van der Waals surface area contributed by atoms with Gasteiger partial charge in [-0.05, 0) is 65.7 Å². The van der Waals surface area contributed by atoms with Crippen LogP contribution in [0.25, 0.3) is 0 Å². The molecule has 3 heterocycles. The Morgan fingerprint density at radius 1 is 1.18 bits per heavy atom. The average molecular weight is 674 g/mol. The van der Waals surface area contributed by atoms with Crippen molar-refractivity contribution < 1.29 is 29.0 Å². The number of hydrogen-bond donors (Lipinski definition) is 2. The van der Waals surface area contributed by atoms with Crippen LogP contribution < -0.4 is 0 Å². The molecule has 1 aromatic carbocycles. The van der Waals surface area contributed by atoms with Gasteiger partial charge in [0.05, 0.1) is 18.2 Å². The van der Waals surface area contributed by atoms with E-state index >= 15 is 0 Å². The molecule has 2 N–H and O–H groups in total. The summed E-state index contributed by atoms with van der Waals surface area (Å²) in [5.74, 6) is -0.756. The lowest BCUT2D eigenvalue weighted by Crippen LogP contribution is -2.77. The zero-order chi connectivity index (χ0) is 32.0. The molecule has 5 rings (SSSR count). The summed E-state index contributed by atoms with van der Waals surface area (Å²) in [5, 5.41) is 18.6. The van der Waals surface area contributed by atoms with Crippen molar-refractivity contribution in [3.8, 4) is 0 Å². The Balaban J connectivity index is 1.41. The van der Waals surface area contributed by atoms with Crippen LogP contribution in [0, 0.1) is 11.3 Å². The zero-order valence-electron chi connectivity index (χ0n) is 26.5. The van der Waals surface area contributed by atoms with Crippen molar-refractivity contribution in [3.05, 3.63) is 51.8 Å². The number of aliphatic hydroxyl groups is 1. The van der Waals surface area contributed by atoms with Gasteiger partial charge in [-0.2, -0.15) is 5.10 Å². The number of rotatable bonds is 10. The number of aromatic nitrogens is 2. The maximum Gasteiger partial charge on any atom is 0.410 e. The Bertz CT molecular complexity index is 1360. The number of likely N-dealkylation sites (tertiary alicyclic amines) is 1. The number of cyclic esters (lactones) is 1. The van der Waals surface area contributed by atoms with Gasteiger partial charge >= 0.3 is 12.1 Å². The monoisotopic (exact) mass is 672 g/mol. The lowest BCUT2D eigenvalue weighted by Gasteiger charge is -2.55. The molecule has 3 aliphatic rings. The molecule has 0 radical (unpaired) electrons. The number of amides is 2. The summed E-state index contributed by atoms with van der Waals surface area (Å²) in [7, 11) is 0. The van der Waals surface area contributed by atoms with E-state index in [4.69, 9.17) is 9.47 Å². The van der Waals surface area contributed by atoms with Crippen LogP contribution >= 0.6 is 15.9 Å². The molecule has 11 heteroatoms. The molecule has 5 atom stereocenters. The lowest BCUT2D eigenvalue weighted by molar-refractivity contribution is -0.185. The molecule has 10 nitrogen and oxygen atoms in total. The largest absolute Gasteiger partial charge is 0.459 e. The van der Waals surface area contributed by atoms with Gasteiger partial charge in [-0.15, -0.1) is 0 Å². The van der Waals surface area contributed by atoms with Crippen molar-refractivity contribution in [1.82, 2.24) is 20.0 Å². The fraction of sp³-hybridized carbons (Fsp3) is 0.636. The number of halogens is 1. The number of carbonyl (C=O) groups is 3. The number of H-pyrrole nitrogens is 1. The Labute approximate surface area is 268 Å². The van der Waals surface area contributed by atoms with Crippen LogP contribution in [-0.2, 0) is 37.5 Å². The fourth-order valence-electron chi connectivity index (χ4n) is 6.54. The molecule has 1 saturated carbocycles. The topological polar surface area (TPSA) is 125 Å².